The molecular formula is C16H14N4O3. The van der Waals surface area contributed by atoms with Crippen molar-refractivity contribution >= 4 is 5.91 Å². The van der Waals surface area contributed by atoms with Crippen molar-refractivity contribution in [2.75, 3.05) is 6.54 Å². The predicted molar refractivity (Wildman–Crippen MR) is 81.7 cm³/mol. The van der Waals surface area contributed by atoms with Crippen LogP contribution in [0.15, 0.2) is 53.2 Å². The van der Waals surface area contributed by atoms with Gasteiger partial charge in [0, 0.05) is 12.7 Å². The van der Waals surface area contributed by atoms with Crippen LogP contribution in [0.2, 0.25) is 0 Å². The van der Waals surface area contributed by atoms with E-state index in [-0.39, 0.29) is 17.5 Å². The molecule has 23 heavy (non-hydrogen) atoms. The second kappa shape index (κ2) is 6.69. The van der Waals surface area contributed by atoms with Crippen molar-refractivity contribution in [1.82, 2.24) is 20.4 Å². The monoisotopic (exact) mass is 310 g/mol. The van der Waals surface area contributed by atoms with Crippen molar-refractivity contribution in [2.24, 2.45) is 0 Å². The molecule has 0 bridgehead atoms. The van der Waals surface area contributed by atoms with Crippen molar-refractivity contribution in [3.63, 3.8) is 0 Å². The van der Waals surface area contributed by atoms with E-state index in [0.29, 0.717) is 18.7 Å². The lowest BCUT2D eigenvalue weighted by Crippen LogP contribution is -2.25. The zero-order valence-corrected chi connectivity index (χ0v) is 12.1. The van der Waals surface area contributed by atoms with Crippen molar-refractivity contribution in [3.8, 4) is 17.3 Å². The largest absolute Gasteiger partial charge is 0.508 e. The van der Waals surface area contributed by atoms with Crippen molar-refractivity contribution < 1.29 is 14.4 Å². The number of amides is 1. The Kier molecular flexibility index (Phi) is 4.28. The second-order valence-electron chi connectivity index (χ2n) is 4.81. The molecule has 0 aliphatic carbocycles. The van der Waals surface area contributed by atoms with Crippen molar-refractivity contribution in [1.29, 1.82) is 0 Å². The first kappa shape index (κ1) is 14.7. The van der Waals surface area contributed by atoms with E-state index in [1.807, 2.05) is 0 Å². The molecule has 0 fully saturated rings. The van der Waals surface area contributed by atoms with Gasteiger partial charge in [-0.1, -0.05) is 23.4 Å². The highest BCUT2D eigenvalue weighted by atomic mass is 16.5. The SMILES string of the molecule is O=C(NCCc1ccc(O)cc1)c1nc(-c2ccccn2)no1. The third kappa shape index (κ3) is 3.70. The molecule has 0 unspecified atom stereocenters. The number of hydrogen-bond acceptors (Lipinski definition) is 6. The Bertz CT molecular complexity index is 785. The Morgan fingerprint density at radius 1 is 1.17 bits per heavy atom. The molecule has 116 valence electrons. The van der Waals surface area contributed by atoms with E-state index in [2.05, 4.69) is 20.4 Å². The molecular weight excluding hydrogens is 296 g/mol. The number of hydrogen-bond donors (Lipinski definition) is 2. The van der Waals surface area contributed by atoms with Crippen LogP contribution in [-0.4, -0.2) is 32.7 Å². The number of pyridine rings is 1. The van der Waals surface area contributed by atoms with Crippen LogP contribution in [0.4, 0.5) is 0 Å². The highest BCUT2D eigenvalue weighted by Crippen LogP contribution is 2.12. The van der Waals surface area contributed by atoms with Gasteiger partial charge in [0.2, 0.25) is 5.82 Å². The number of carbonyl (C=O) groups excluding carboxylic acids is 1. The average molecular weight is 310 g/mol. The molecule has 0 atom stereocenters. The number of aromatic hydroxyl groups is 1. The summed E-state index contributed by atoms with van der Waals surface area (Å²) in [4.78, 5) is 20.1. The molecule has 1 aromatic carbocycles. The quantitative estimate of drug-likeness (QED) is 0.745. The van der Waals surface area contributed by atoms with Gasteiger partial charge < -0.3 is 14.9 Å². The Morgan fingerprint density at radius 2 is 2.00 bits per heavy atom. The topological polar surface area (TPSA) is 101 Å². The number of nitrogens with zero attached hydrogens (tertiary/aromatic N) is 3. The summed E-state index contributed by atoms with van der Waals surface area (Å²) in [6.07, 6.45) is 2.25. The lowest BCUT2D eigenvalue weighted by atomic mass is 10.1. The maximum absolute atomic E-state index is 12.0. The van der Waals surface area contributed by atoms with Gasteiger partial charge >= 0.3 is 11.8 Å². The first-order chi connectivity index (χ1) is 11.2. The summed E-state index contributed by atoms with van der Waals surface area (Å²) in [5.74, 6) is -0.0465. The fourth-order valence-electron chi connectivity index (χ4n) is 1.97. The zero-order valence-electron chi connectivity index (χ0n) is 12.1. The summed E-state index contributed by atoms with van der Waals surface area (Å²) < 4.78 is 4.95. The molecule has 0 spiro atoms. The van der Waals surface area contributed by atoms with Gasteiger partial charge in [-0.2, -0.15) is 4.98 Å². The summed E-state index contributed by atoms with van der Waals surface area (Å²) >= 11 is 0. The number of benzene rings is 1. The van der Waals surface area contributed by atoms with Crippen molar-refractivity contribution in [2.45, 2.75) is 6.42 Å². The van der Waals surface area contributed by atoms with E-state index in [0.717, 1.165) is 5.56 Å². The molecule has 0 aliphatic heterocycles. The van der Waals surface area contributed by atoms with Gasteiger partial charge in [0.15, 0.2) is 0 Å². The minimum Gasteiger partial charge on any atom is -0.508 e. The van der Waals surface area contributed by atoms with E-state index in [1.54, 1.807) is 48.7 Å². The summed E-state index contributed by atoms with van der Waals surface area (Å²) in [7, 11) is 0. The van der Waals surface area contributed by atoms with Gasteiger partial charge in [0.25, 0.3) is 0 Å². The summed E-state index contributed by atoms with van der Waals surface area (Å²) in [5, 5.41) is 15.7. The minimum atomic E-state index is -0.432. The second-order valence-corrected chi connectivity index (χ2v) is 4.81. The molecule has 2 heterocycles. The molecule has 2 N–H and O–H groups in total. The molecule has 3 rings (SSSR count). The number of nitrogens with one attached hydrogen (secondary N) is 1. The smallest absolute Gasteiger partial charge is 0.316 e. The lowest BCUT2D eigenvalue weighted by molar-refractivity contribution is 0.0910. The Morgan fingerprint density at radius 3 is 2.74 bits per heavy atom. The molecule has 0 saturated carbocycles. The van der Waals surface area contributed by atoms with E-state index < -0.39 is 5.91 Å². The van der Waals surface area contributed by atoms with Crippen molar-refractivity contribution in [3.05, 3.63) is 60.1 Å². The summed E-state index contributed by atoms with van der Waals surface area (Å²) in [6.45, 7) is 0.422. The third-order valence-electron chi connectivity index (χ3n) is 3.15. The van der Waals surface area contributed by atoms with Gasteiger partial charge in [0.1, 0.15) is 11.4 Å². The molecule has 0 saturated heterocycles. The average Bonchev–Trinajstić information content (AvgIpc) is 3.07. The third-order valence-corrected chi connectivity index (χ3v) is 3.15. The van der Waals surface area contributed by atoms with Crippen LogP contribution in [-0.2, 0) is 6.42 Å². The van der Waals surface area contributed by atoms with E-state index in [4.69, 9.17) is 4.52 Å². The molecule has 0 radical (unpaired) electrons. The van der Waals surface area contributed by atoms with Gasteiger partial charge in [-0.15, -0.1) is 0 Å². The minimum absolute atomic E-state index is 0.101. The van der Waals surface area contributed by atoms with E-state index >= 15 is 0 Å². The Balaban J connectivity index is 1.56. The standard InChI is InChI=1S/C16H14N4O3/c21-12-6-4-11(5-7-12)8-10-18-15(22)16-19-14(20-23-16)13-3-1-2-9-17-13/h1-7,9,21H,8,10H2,(H,18,22). The van der Waals surface area contributed by atoms with E-state index in [9.17, 15) is 9.90 Å². The number of rotatable bonds is 5. The van der Waals surface area contributed by atoms with Crippen LogP contribution in [0.5, 0.6) is 5.75 Å². The predicted octanol–water partition coefficient (Wildman–Crippen LogP) is 1.81. The van der Waals surface area contributed by atoms with Crippen LogP contribution in [0.3, 0.4) is 0 Å². The summed E-state index contributed by atoms with van der Waals surface area (Å²) in [5.41, 5.74) is 1.54. The highest BCUT2D eigenvalue weighted by molar-refractivity contribution is 5.89. The van der Waals surface area contributed by atoms with Gasteiger partial charge in [-0.3, -0.25) is 9.78 Å². The Hall–Kier alpha value is -3.22. The zero-order chi connectivity index (χ0) is 16.1. The Labute approximate surface area is 132 Å². The first-order valence-electron chi connectivity index (χ1n) is 7.03. The normalized spacial score (nSPS) is 10.4. The maximum Gasteiger partial charge on any atom is 0.316 e. The fraction of sp³-hybridized carbons (Fsp3) is 0.125. The van der Waals surface area contributed by atoms with Gasteiger partial charge in [0.05, 0.1) is 0 Å². The first-order valence-corrected chi connectivity index (χ1v) is 7.03. The number of aromatic nitrogens is 3. The summed E-state index contributed by atoms with van der Waals surface area (Å²) in [6, 6.07) is 12.1. The lowest BCUT2D eigenvalue weighted by Gasteiger charge is -2.02. The van der Waals surface area contributed by atoms with Crippen LogP contribution >= 0.6 is 0 Å². The number of carbonyl (C=O) groups is 1. The molecule has 7 heteroatoms. The molecule has 2 aromatic heterocycles. The van der Waals surface area contributed by atoms with Gasteiger partial charge in [-0.05, 0) is 36.2 Å². The van der Waals surface area contributed by atoms with Crippen LogP contribution < -0.4 is 5.32 Å². The van der Waals surface area contributed by atoms with Gasteiger partial charge in [-0.25, -0.2) is 0 Å². The molecule has 0 aliphatic rings. The fourth-order valence-corrected chi connectivity index (χ4v) is 1.97. The van der Waals surface area contributed by atoms with Crippen LogP contribution in [0, 0.1) is 0 Å². The number of phenols is 1. The molecule has 3 aromatic rings. The van der Waals surface area contributed by atoms with Crippen LogP contribution in [0.1, 0.15) is 16.2 Å². The highest BCUT2D eigenvalue weighted by Gasteiger charge is 2.16. The van der Waals surface area contributed by atoms with Crippen LogP contribution in [0.25, 0.3) is 11.5 Å². The molecule has 7 nitrogen and oxygen atoms in total. The molecule has 1 amide bonds. The maximum atomic E-state index is 12.0. The number of phenolic OH excluding ortho intramolecular Hbond substituents is 1. The van der Waals surface area contributed by atoms with E-state index in [1.165, 1.54) is 0 Å².